The molecule has 8 nitrogen and oxygen atoms in total. The molecule has 0 aliphatic heterocycles. The molecule has 154 valence electrons. The highest BCUT2D eigenvalue weighted by Gasteiger charge is 2.23. The first-order valence-electron chi connectivity index (χ1n) is 9.10. The maximum atomic E-state index is 12.8. The second-order valence-corrected chi connectivity index (χ2v) is 8.17. The summed E-state index contributed by atoms with van der Waals surface area (Å²) in [5, 5.41) is 1.09. The van der Waals surface area contributed by atoms with Crippen LogP contribution < -0.4 is 10.3 Å². The van der Waals surface area contributed by atoms with Crippen molar-refractivity contribution in [3.8, 4) is 0 Å². The Balaban J connectivity index is 1.67. The number of esters is 1. The van der Waals surface area contributed by atoms with Crippen LogP contribution in [0.5, 0.6) is 0 Å². The van der Waals surface area contributed by atoms with Crippen molar-refractivity contribution in [1.82, 2.24) is 4.72 Å². The van der Waals surface area contributed by atoms with Gasteiger partial charge in [-0.1, -0.05) is 18.2 Å². The molecule has 0 radical (unpaired) electrons. The van der Waals surface area contributed by atoms with Crippen molar-refractivity contribution in [2.24, 2.45) is 0 Å². The van der Waals surface area contributed by atoms with Gasteiger partial charge in [-0.05, 0) is 37.3 Å². The van der Waals surface area contributed by atoms with E-state index in [1.54, 1.807) is 31.2 Å². The van der Waals surface area contributed by atoms with E-state index in [1.165, 1.54) is 30.3 Å². The Morgan fingerprint density at radius 2 is 1.83 bits per heavy atom. The second kappa shape index (κ2) is 7.77. The van der Waals surface area contributed by atoms with E-state index >= 15 is 0 Å². The monoisotopic (exact) mass is 427 g/mol. The van der Waals surface area contributed by atoms with Crippen molar-refractivity contribution >= 4 is 37.9 Å². The first kappa shape index (κ1) is 19.9. The molecule has 2 heterocycles. The summed E-state index contributed by atoms with van der Waals surface area (Å²) in [5.41, 5.74) is 0.608. The number of para-hydroxylation sites is 1. The maximum Gasteiger partial charge on any atom is 0.374 e. The number of hydrogen-bond acceptors (Lipinski definition) is 7. The van der Waals surface area contributed by atoms with E-state index in [9.17, 15) is 18.0 Å². The van der Waals surface area contributed by atoms with Crippen LogP contribution >= 0.6 is 0 Å². The van der Waals surface area contributed by atoms with E-state index in [-0.39, 0.29) is 29.4 Å². The van der Waals surface area contributed by atoms with Crippen molar-refractivity contribution in [3.05, 3.63) is 76.3 Å². The first-order valence-corrected chi connectivity index (χ1v) is 10.6. The van der Waals surface area contributed by atoms with E-state index in [4.69, 9.17) is 13.6 Å². The summed E-state index contributed by atoms with van der Waals surface area (Å²) in [6, 6.07) is 13.8. The number of carbonyl (C=O) groups is 1. The molecule has 0 spiro atoms. The van der Waals surface area contributed by atoms with Gasteiger partial charge in [0.2, 0.25) is 15.8 Å². The highest BCUT2D eigenvalue weighted by atomic mass is 32.2. The van der Waals surface area contributed by atoms with E-state index in [2.05, 4.69) is 4.72 Å². The Morgan fingerprint density at radius 1 is 1.03 bits per heavy atom. The third-order valence-electron chi connectivity index (χ3n) is 4.50. The zero-order chi connectivity index (χ0) is 21.3. The summed E-state index contributed by atoms with van der Waals surface area (Å²) >= 11 is 0. The number of fused-ring (bicyclic) bond motifs is 2. The minimum absolute atomic E-state index is 0.00525. The number of rotatable bonds is 6. The third kappa shape index (κ3) is 3.72. The van der Waals surface area contributed by atoms with Crippen LogP contribution in [0.3, 0.4) is 0 Å². The number of ether oxygens (including phenoxy) is 1. The Bertz CT molecular complexity index is 1420. The fourth-order valence-corrected chi connectivity index (χ4v) is 4.13. The van der Waals surface area contributed by atoms with Crippen LogP contribution in [0, 0.1) is 0 Å². The van der Waals surface area contributed by atoms with Crippen molar-refractivity contribution in [2.45, 2.75) is 18.4 Å². The van der Waals surface area contributed by atoms with Gasteiger partial charge in [0.1, 0.15) is 11.2 Å². The average Bonchev–Trinajstić information content (AvgIpc) is 3.11. The van der Waals surface area contributed by atoms with Crippen LogP contribution in [0.1, 0.15) is 23.0 Å². The predicted octanol–water partition coefficient (Wildman–Crippen LogP) is 3.19. The summed E-state index contributed by atoms with van der Waals surface area (Å²) < 4.78 is 43.8. The minimum atomic E-state index is -3.92. The van der Waals surface area contributed by atoms with Crippen molar-refractivity contribution in [2.75, 3.05) is 6.61 Å². The lowest BCUT2D eigenvalue weighted by atomic mass is 10.1. The molecule has 4 aromatic rings. The second-order valence-electron chi connectivity index (χ2n) is 6.40. The van der Waals surface area contributed by atoms with Crippen LogP contribution in [0.15, 0.2) is 73.1 Å². The highest BCUT2D eigenvalue weighted by Crippen LogP contribution is 2.27. The van der Waals surface area contributed by atoms with E-state index in [0.29, 0.717) is 21.9 Å². The fraction of sp³-hybridized carbons (Fsp3) is 0.143. The minimum Gasteiger partial charge on any atom is -0.460 e. The largest absolute Gasteiger partial charge is 0.460 e. The Morgan fingerprint density at radius 3 is 2.63 bits per heavy atom. The van der Waals surface area contributed by atoms with Gasteiger partial charge >= 0.3 is 11.6 Å². The topological polar surface area (TPSA) is 116 Å². The summed E-state index contributed by atoms with van der Waals surface area (Å²) in [4.78, 5) is 23.6. The molecule has 0 amide bonds. The molecule has 30 heavy (non-hydrogen) atoms. The lowest BCUT2D eigenvalue weighted by molar-refractivity contribution is 0.0491. The molecule has 0 bridgehead atoms. The van der Waals surface area contributed by atoms with E-state index in [1.807, 2.05) is 0 Å². The molecule has 4 rings (SSSR count). The zero-order valence-corrected chi connectivity index (χ0v) is 16.7. The highest BCUT2D eigenvalue weighted by molar-refractivity contribution is 7.89. The molecule has 2 aromatic carbocycles. The van der Waals surface area contributed by atoms with Crippen LogP contribution in [-0.2, 0) is 21.3 Å². The summed E-state index contributed by atoms with van der Waals surface area (Å²) in [5.74, 6) is -0.704. The number of furan rings is 1. The van der Waals surface area contributed by atoms with Gasteiger partial charge in [0, 0.05) is 28.9 Å². The third-order valence-corrected chi connectivity index (χ3v) is 5.90. The SMILES string of the molecule is CCOC(=O)c1oc2ccccc2c1CNS(=O)(=O)c1ccc2oc(=O)ccc2c1. The standard InChI is InChI=1S/C21H17NO7S/c1-2-27-21(24)20-16(15-5-3-4-6-18(15)29-20)12-22-30(25,26)14-8-9-17-13(11-14)7-10-19(23)28-17/h3-11,22H,2,12H2,1H3. The number of hydrogen-bond donors (Lipinski definition) is 1. The molecule has 0 aliphatic rings. The molecular weight excluding hydrogens is 410 g/mol. The maximum absolute atomic E-state index is 12.8. The van der Waals surface area contributed by atoms with Gasteiger partial charge < -0.3 is 13.6 Å². The van der Waals surface area contributed by atoms with Crippen LogP contribution in [-0.4, -0.2) is 21.0 Å². The Labute approximate surface area is 171 Å². The normalized spacial score (nSPS) is 11.8. The first-order chi connectivity index (χ1) is 14.4. The number of sulfonamides is 1. The van der Waals surface area contributed by atoms with Crippen molar-refractivity contribution in [3.63, 3.8) is 0 Å². The quantitative estimate of drug-likeness (QED) is 0.371. The van der Waals surface area contributed by atoms with Crippen molar-refractivity contribution < 1.29 is 26.8 Å². The molecule has 0 unspecified atom stereocenters. The molecule has 0 saturated carbocycles. The smallest absolute Gasteiger partial charge is 0.374 e. The zero-order valence-electron chi connectivity index (χ0n) is 15.9. The van der Waals surface area contributed by atoms with Gasteiger partial charge in [0.15, 0.2) is 0 Å². The number of carbonyl (C=O) groups excluding carboxylic acids is 1. The molecule has 0 fully saturated rings. The van der Waals surface area contributed by atoms with Crippen LogP contribution in [0.4, 0.5) is 0 Å². The van der Waals surface area contributed by atoms with E-state index in [0.717, 1.165) is 0 Å². The Kier molecular flexibility index (Phi) is 5.15. The number of nitrogens with one attached hydrogen (secondary N) is 1. The summed E-state index contributed by atoms with van der Waals surface area (Å²) in [6.07, 6.45) is 0. The average molecular weight is 427 g/mol. The molecular formula is C21H17NO7S. The molecule has 1 N–H and O–H groups in total. The molecule has 9 heteroatoms. The number of benzene rings is 2. The van der Waals surface area contributed by atoms with Gasteiger partial charge in [-0.25, -0.2) is 22.7 Å². The molecule has 0 atom stereocenters. The lowest BCUT2D eigenvalue weighted by Crippen LogP contribution is -2.24. The van der Waals surface area contributed by atoms with E-state index < -0.39 is 21.6 Å². The molecule has 0 saturated heterocycles. The Hall–Kier alpha value is -3.43. The summed E-state index contributed by atoms with van der Waals surface area (Å²) in [7, 11) is -3.92. The van der Waals surface area contributed by atoms with Gasteiger partial charge in [-0.15, -0.1) is 0 Å². The van der Waals surface area contributed by atoms with Crippen molar-refractivity contribution in [1.29, 1.82) is 0 Å². The van der Waals surface area contributed by atoms with Gasteiger partial charge in [0.25, 0.3) is 0 Å². The van der Waals surface area contributed by atoms with Crippen LogP contribution in [0.2, 0.25) is 0 Å². The lowest BCUT2D eigenvalue weighted by Gasteiger charge is -2.08. The van der Waals surface area contributed by atoms with Gasteiger partial charge in [-0.3, -0.25) is 0 Å². The predicted molar refractivity (Wildman–Crippen MR) is 109 cm³/mol. The van der Waals surface area contributed by atoms with Gasteiger partial charge in [-0.2, -0.15) is 0 Å². The molecule has 0 aliphatic carbocycles. The van der Waals surface area contributed by atoms with Crippen LogP contribution in [0.25, 0.3) is 21.9 Å². The van der Waals surface area contributed by atoms with Gasteiger partial charge in [0.05, 0.1) is 11.5 Å². The fourth-order valence-electron chi connectivity index (χ4n) is 3.10. The molecule has 2 aromatic heterocycles. The summed E-state index contributed by atoms with van der Waals surface area (Å²) in [6.45, 7) is 1.66.